The van der Waals surface area contributed by atoms with Gasteiger partial charge in [0.15, 0.2) is 11.2 Å². The molecule has 0 spiro atoms. The number of carbonyl (C=O) groups excluding carboxylic acids is 1. The molecule has 25 heavy (non-hydrogen) atoms. The molecule has 3 aliphatic rings. The fourth-order valence-corrected chi connectivity index (χ4v) is 5.28. The largest absolute Gasteiger partial charge is 0.350 e. The molecule has 0 amide bonds. The Morgan fingerprint density at radius 1 is 1.32 bits per heavy atom. The lowest BCUT2D eigenvalue weighted by Crippen LogP contribution is -2.39. The van der Waals surface area contributed by atoms with Crippen LogP contribution in [0.1, 0.15) is 37.5 Å². The van der Waals surface area contributed by atoms with Crippen LogP contribution in [0.5, 0.6) is 0 Å². The monoisotopic (exact) mass is 328 g/mol. The van der Waals surface area contributed by atoms with Crippen LogP contribution in [0.4, 0.5) is 0 Å². The van der Waals surface area contributed by atoms with Gasteiger partial charge in [-0.3, -0.25) is 4.79 Å². The maximum absolute atomic E-state index is 13.7. The van der Waals surface area contributed by atoms with Crippen LogP contribution in [0.25, 0.3) is 10.9 Å². The normalized spacial score (nSPS) is 28.4. The van der Waals surface area contributed by atoms with Gasteiger partial charge in [-0.1, -0.05) is 32.1 Å². The van der Waals surface area contributed by atoms with E-state index in [1.807, 2.05) is 14.0 Å². The number of benzene rings is 1. The van der Waals surface area contributed by atoms with E-state index in [0.29, 0.717) is 0 Å². The second-order valence-corrected chi connectivity index (χ2v) is 8.24. The van der Waals surface area contributed by atoms with Gasteiger partial charge in [0.05, 0.1) is 6.07 Å². The molecular formula is C22H20N2O. The Morgan fingerprint density at radius 2 is 2.08 bits per heavy atom. The minimum atomic E-state index is -1.15. The number of fused-ring (bicyclic) bond motifs is 1. The number of aryl methyl sites for hydroxylation is 1. The lowest BCUT2D eigenvalue weighted by molar-refractivity contribution is -0.124. The predicted octanol–water partition coefficient (Wildman–Crippen LogP) is 3.86. The van der Waals surface area contributed by atoms with E-state index in [4.69, 9.17) is 0 Å². The topological polar surface area (TPSA) is 45.8 Å². The van der Waals surface area contributed by atoms with Gasteiger partial charge in [-0.2, -0.15) is 5.26 Å². The minimum Gasteiger partial charge on any atom is -0.350 e. The van der Waals surface area contributed by atoms with E-state index in [9.17, 15) is 10.1 Å². The molecule has 0 radical (unpaired) electrons. The smallest absolute Gasteiger partial charge is 0.169 e. The zero-order valence-electron chi connectivity index (χ0n) is 15.0. The summed E-state index contributed by atoms with van der Waals surface area (Å²) >= 11 is 0. The molecule has 0 saturated carbocycles. The van der Waals surface area contributed by atoms with E-state index in [0.717, 1.165) is 39.6 Å². The first kappa shape index (κ1) is 14.7. The molecule has 0 aliphatic heterocycles. The summed E-state index contributed by atoms with van der Waals surface area (Å²) in [6, 6.07) is 6.73. The fraction of sp³-hybridized carbons (Fsp3) is 0.364. The highest BCUT2D eigenvalue weighted by molar-refractivity contribution is 6.11. The summed E-state index contributed by atoms with van der Waals surface area (Å²) in [5.74, 6) is -0.216. The van der Waals surface area contributed by atoms with E-state index in [1.54, 1.807) is 0 Å². The van der Waals surface area contributed by atoms with Gasteiger partial charge in [-0.15, -0.1) is 0 Å². The van der Waals surface area contributed by atoms with E-state index in [-0.39, 0.29) is 17.1 Å². The molecule has 1 aromatic carbocycles. The third-order valence-electron chi connectivity index (χ3n) is 6.70. The van der Waals surface area contributed by atoms with Gasteiger partial charge >= 0.3 is 0 Å². The maximum atomic E-state index is 13.7. The molecule has 2 aromatic rings. The molecule has 124 valence electrons. The second kappa shape index (κ2) is 4.14. The molecule has 1 aromatic heterocycles. The Hall–Kier alpha value is -2.60. The van der Waals surface area contributed by atoms with E-state index >= 15 is 0 Å². The number of rotatable bonds is 0. The van der Waals surface area contributed by atoms with Crippen molar-refractivity contribution in [2.24, 2.45) is 13.0 Å². The number of Topliss-reactive ketones (excluding diaryl/α,β-unsaturated/α-hetero) is 1. The standard InChI is InChI=1S/C22H20N2O/c1-12-5-6-13-7-8-17-18-16(10-24(17)4)21(2,3)15-9-14(12)22(11-23,19(13)18)20(15)25/h5,7-10,15H,6H2,1-4H3/t15-,22-/m0/s1. The Kier molecular flexibility index (Phi) is 2.44. The number of hydrogen-bond donors (Lipinski definition) is 0. The number of nitrogens with zero attached hydrogens (tertiary/aromatic N) is 2. The van der Waals surface area contributed by atoms with Crippen LogP contribution in [0.2, 0.25) is 0 Å². The van der Waals surface area contributed by atoms with Crippen molar-refractivity contribution >= 4 is 16.7 Å². The second-order valence-electron chi connectivity index (χ2n) is 8.24. The van der Waals surface area contributed by atoms with Crippen molar-refractivity contribution in [1.82, 2.24) is 4.57 Å². The highest BCUT2D eigenvalue weighted by atomic mass is 16.1. The van der Waals surface area contributed by atoms with E-state index < -0.39 is 5.41 Å². The number of carbonyl (C=O) groups is 1. The van der Waals surface area contributed by atoms with Crippen LogP contribution in [0.15, 0.2) is 41.6 Å². The predicted molar refractivity (Wildman–Crippen MR) is 97.3 cm³/mol. The molecule has 0 fully saturated rings. The fourth-order valence-electron chi connectivity index (χ4n) is 5.28. The van der Waals surface area contributed by atoms with Crippen LogP contribution in [-0.2, 0) is 29.1 Å². The average molecular weight is 328 g/mol. The zero-order valence-corrected chi connectivity index (χ0v) is 15.0. The van der Waals surface area contributed by atoms with Crippen molar-refractivity contribution in [3.05, 3.63) is 58.3 Å². The highest BCUT2D eigenvalue weighted by Crippen LogP contribution is 2.57. The van der Waals surface area contributed by atoms with Crippen LogP contribution >= 0.6 is 0 Å². The first-order chi connectivity index (χ1) is 11.8. The Labute approximate surface area is 147 Å². The van der Waals surface area contributed by atoms with Gasteiger partial charge in [-0.25, -0.2) is 0 Å². The lowest BCUT2D eigenvalue weighted by Gasteiger charge is -2.28. The number of ketones is 1. The third-order valence-corrected chi connectivity index (χ3v) is 6.70. The summed E-state index contributed by atoms with van der Waals surface area (Å²) in [7, 11) is 2.05. The van der Waals surface area contributed by atoms with Crippen molar-refractivity contribution in [1.29, 1.82) is 5.26 Å². The highest BCUT2D eigenvalue weighted by Gasteiger charge is 2.60. The van der Waals surface area contributed by atoms with Crippen LogP contribution < -0.4 is 0 Å². The van der Waals surface area contributed by atoms with Gasteiger partial charge in [0.2, 0.25) is 0 Å². The molecule has 1 heterocycles. The summed E-state index contributed by atoms with van der Waals surface area (Å²) < 4.78 is 2.14. The molecule has 0 saturated heterocycles. The summed E-state index contributed by atoms with van der Waals surface area (Å²) in [6.45, 7) is 6.33. The Bertz CT molecular complexity index is 1100. The molecular weight excluding hydrogens is 308 g/mol. The first-order valence-corrected chi connectivity index (χ1v) is 8.81. The maximum Gasteiger partial charge on any atom is 0.169 e. The molecule has 3 nitrogen and oxygen atoms in total. The molecule has 0 N–H and O–H groups in total. The number of hydrogen-bond acceptors (Lipinski definition) is 2. The molecule has 2 atom stereocenters. The van der Waals surface area contributed by atoms with Gasteiger partial charge < -0.3 is 4.57 Å². The average Bonchev–Trinajstić information content (AvgIpc) is 3.02. The summed E-state index contributed by atoms with van der Waals surface area (Å²) in [5, 5.41) is 11.5. The molecule has 3 aliphatic carbocycles. The Morgan fingerprint density at radius 3 is 2.80 bits per heavy atom. The molecule has 5 rings (SSSR count). The first-order valence-electron chi connectivity index (χ1n) is 8.81. The lowest BCUT2D eigenvalue weighted by atomic mass is 9.70. The SMILES string of the molecule is CC1=CCc2ccc3c4c(cn3C)C(C)(C)[C@H]3C=C1[C@](C#N)(C3=O)c24. The molecule has 3 heteroatoms. The van der Waals surface area contributed by atoms with E-state index in [1.165, 1.54) is 5.56 Å². The quantitative estimate of drug-likeness (QED) is 0.737. The van der Waals surface area contributed by atoms with Crippen molar-refractivity contribution in [3.8, 4) is 6.07 Å². The van der Waals surface area contributed by atoms with Gasteiger partial charge in [0.1, 0.15) is 0 Å². The van der Waals surface area contributed by atoms with Crippen molar-refractivity contribution < 1.29 is 4.79 Å². The summed E-state index contributed by atoms with van der Waals surface area (Å²) in [4.78, 5) is 13.7. The number of nitriles is 1. The number of allylic oxidation sites excluding steroid dienone is 4. The third kappa shape index (κ3) is 1.38. The van der Waals surface area contributed by atoms with Crippen LogP contribution in [0.3, 0.4) is 0 Å². The Balaban J connectivity index is 2.12. The minimum absolute atomic E-state index is 0.0530. The van der Waals surface area contributed by atoms with Gasteiger partial charge in [0.25, 0.3) is 0 Å². The summed E-state index contributed by atoms with van der Waals surface area (Å²) in [5.41, 5.74) is 4.84. The van der Waals surface area contributed by atoms with Crippen LogP contribution in [-0.4, -0.2) is 10.4 Å². The van der Waals surface area contributed by atoms with Gasteiger partial charge in [0, 0.05) is 35.5 Å². The summed E-state index contributed by atoms with van der Waals surface area (Å²) in [6.07, 6.45) is 7.18. The van der Waals surface area contributed by atoms with Crippen LogP contribution in [0, 0.1) is 17.2 Å². The van der Waals surface area contributed by atoms with E-state index in [2.05, 4.69) is 55.0 Å². The van der Waals surface area contributed by atoms with Crippen molar-refractivity contribution in [2.45, 2.75) is 38.0 Å². The zero-order chi connectivity index (χ0) is 17.7. The van der Waals surface area contributed by atoms with Crippen molar-refractivity contribution in [3.63, 3.8) is 0 Å². The molecule has 2 bridgehead atoms. The van der Waals surface area contributed by atoms with Gasteiger partial charge in [-0.05, 0) is 47.2 Å². The molecule has 0 unspecified atom stereocenters. The number of aromatic nitrogens is 1. The van der Waals surface area contributed by atoms with Crippen molar-refractivity contribution in [2.75, 3.05) is 0 Å².